The number of rotatable bonds is 7. The molecule has 0 fully saturated rings. The van der Waals surface area contributed by atoms with Gasteiger partial charge in [-0.2, -0.15) is 21.6 Å². The highest BCUT2D eigenvalue weighted by Gasteiger charge is 2.32. The number of allylic oxidation sites excluding steroid dienone is 1. The summed E-state index contributed by atoms with van der Waals surface area (Å²) in [6, 6.07) is 7.63. The van der Waals surface area contributed by atoms with Gasteiger partial charge in [-0.15, -0.1) is 4.40 Å². The molecule has 33 heavy (non-hydrogen) atoms. The van der Waals surface area contributed by atoms with Crippen molar-refractivity contribution < 1.29 is 26.3 Å². The molecule has 1 aromatic carbocycles. The minimum atomic E-state index is -4.52. The van der Waals surface area contributed by atoms with Gasteiger partial charge in [-0.05, 0) is 36.3 Å². The molecule has 2 heterocycles. The van der Waals surface area contributed by atoms with Crippen LogP contribution >= 0.6 is 0 Å². The summed E-state index contributed by atoms with van der Waals surface area (Å²) in [6.45, 7) is 5.73. The zero-order valence-corrected chi connectivity index (χ0v) is 18.9. The average Bonchev–Trinajstić information content (AvgIpc) is 2.80. The van der Waals surface area contributed by atoms with E-state index >= 15 is 0 Å². The fourth-order valence-corrected chi connectivity index (χ4v) is 4.36. The Morgan fingerprint density at radius 2 is 2.06 bits per heavy atom. The molecule has 176 valence electrons. The van der Waals surface area contributed by atoms with Crippen molar-refractivity contribution in [3.05, 3.63) is 54.1 Å². The number of nitrogens with zero attached hydrogens (tertiary/aromatic N) is 4. The molecule has 0 atom stereocenters. The molecule has 0 radical (unpaired) electrons. The van der Waals surface area contributed by atoms with Gasteiger partial charge in [-0.3, -0.25) is 0 Å². The van der Waals surface area contributed by atoms with E-state index in [9.17, 15) is 21.6 Å². The minimum Gasteiger partial charge on any atom is -0.488 e. The molecular formula is C22H23F3N4O3S. The van der Waals surface area contributed by atoms with Crippen LogP contribution in [0.3, 0.4) is 0 Å². The quantitative estimate of drug-likeness (QED) is 0.538. The maximum absolute atomic E-state index is 13.2. The first-order valence-corrected chi connectivity index (χ1v) is 11.5. The Morgan fingerprint density at radius 1 is 1.30 bits per heavy atom. The fraction of sp³-hybridized carbons (Fsp3) is 0.318. The Morgan fingerprint density at radius 3 is 2.73 bits per heavy atom. The van der Waals surface area contributed by atoms with Gasteiger partial charge in [-0.25, -0.2) is 9.29 Å². The summed E-state index contributed by atoms with van der Waals surface area (Å²) in [5.74, 6) is 0.160. The van der Waals surface area contributed by atoms with Gasteiger partial charge in [-0.1, -0.05) is 25.6 Å². The van der Waals surface area contributed by atoms with E-state index in [2.05, 4.69) is 21.0 Å². The van der Waals surface area contributed by atoms with Crippen molar-refractivity contribution in [1.29, 1.82) is 0 Å². The zero-order valence-electron chi connectivity index (χ0n) is 18.1. The fourth-order valence-electron chi connectivity index (χ4n) is 3.13. The van der Waals surface area contributed by atoms with Crippen LogP contribution in [0.1, 0.15) is 25.3 Å². The number of ether oxygens (including phenoxy) is 1. The predicted octanol–water partition coefficient (Wildman–Crippen LogP) is 4.71. The predicted molar refractivity (Wildman–Crippen MR) is 122 cm³/mol. The molecule has 2 aromatic rings. The first-order valence-electron chi connectivity index (χ1n) is 10.1. The maximum Gasteiger partial charge on any atom is 0.416 e. The Bertz CT molecular complexity index is 1210. The average molecular weight is 481 g/mol. The highest BCUT2D eigenvalue weighted by Crippen LogP contribution is 2.36. The van der Waals surface area contributed by atoms with E-state index in [1.807, 2.05) is 6.92 Å². The van der Waals surface area contributed by atoms with Crippen LogP contribution in [-0.2, 0) is 16.4 Å². The van der Waals surface area contributed by atoms with Crippen molar-refractivity contribution in [2.75, 3.05) is 24.5 Å². The lowest BCUT2D eigenvalue weighted by atomic mass is 10.1. The summed E-state index contributed by atoms with van der Waals surface area (Å²) in [4.78, 5) is 8.20. The normalized spacial score (nSPS) is 14.8. The molecule has 0 saturated heterocycles. The molecule has 1 aromatic heterocycles. The van der Waals surface area contributed by atoms with E-state index in [-0.39, 0.29) is 48.1 Å². The molecule has 0 N–H and O–H groups in total. The number of hydrogen-bond acceptors (Lipinski definition) is 5. The van der Waals surface area contributed by atoms with Crippen LogP contribution in [0.25, 0.3) is 11.3 Å². The molecule has 0 saturated carbocycles. The SMILES string of the molecule is C=C(CC)C(CC=NC)=NS(=O)(=O)N1CCOc2ccc(-c3cccc(C(F)(F)F)c3)nc21. The Kier molecular flexibility index (Phi) is 7.21. The number of halogens is 3. The lowest BCUT2D eigenvalue weighted by molar-refractivity contribution is -0.137. The lowest BCUT2D eigenvalue weighted by Gasteiger charge is -2.28. The van der Waals surface area contributed by atoms with Gasteiger partial charge >= 0.3 is 16.4 Å². The molecule has 7 nitrogen and oxygen atoms in total. The van der Waals surface area contributed by atoms with Crippen molar-refractivity contribution in [3.8, 4) is 17.0 Å². The molecule has 0 amide bonds. The number of aromatic nitrogens is 1. The number of alkyl halides is 3. The molecule has 3 rings (SSSR count). The van der Waals surface area contributed by atoms with Crippen molar-refractivity contribution in [2.45, 2.75) is 25.9 Å². The number of hydrogen-bond donors (Lipinski definition) is 0. The molecular weight excluding hydrogens is 457 g/mol. The summed E-state index contributed by atoms with van der Waals surface area (Å²) < 4.78 is 76.2. The molecule has 0 unspecified atom stereocenters. The maximum atomic E-state index is 13.2. The van der Waals surface area contributed by atoms with Crippen molar-refractivity contribution in [1.82, 2.24) is 4.98 Å². The summed E-state index contributed by atoms with van der Waals surface area (Å²) in [5.41, 5.74) is 0.358. The Labute approximate surface area is 190 Å². The van der Waals surface area contributed by atoms with E-state index in [1.165, 1.54) is 30.5 Å². The number of aliphatic imine (C=N–C) groups is 1. The van der Waals surface area contributed by atoms with E-state index in [4.69, 9.17) is 4.74 Å². The number of fused-ring (bicyclic) bond motifs is 1. The summed E-state index contributed by atoms with van der Waals surface area (Å²) >= 11 is 0. The van der Waals surface area contributed by atoms with Gasteiger partial charge in [0.2, 0.25) is 0 Å². The summed E-state index contributed by atoms with van der Waals surface area (Å²) in [7, 11) is -2.67. The zero-order chi connectivity index (χ0) is 24.2. The van der Waals surface area contributed by atoms with Crippen LogP contribution in [0.15, 0.2) is 57.9 Å². The van der Waals surface area contributed by atoms with Crippen LogP contribution in [0.2, 0.25) is 0 Å². The highest BCUT2D eigenvalue weighted by atomic mass is 32.2. The third kappa shape index (κ3) is 5.59. The van der Waals surface area contributed by atoms with E-state index in [1.54, 1.807) is 7.05 Å². The Hall–Kier alpha value is -3.21. The van der Waals surface area contributed by atoms with Crippen molar-refractivity contribution in [2.24, 2.45) is 9.39 Å². The third-order valence-electron chi connectivity index (χ3n) is 4.92. The Balaban J connectivity index is 2.05. The molecule has 1 aliphatic heterocycles. The molecule has 0 spiro atoms. The topological polar surface area (TPSA) is 84.2 Å². The van der Waals surface area contributed by atoms with Gasteiger partial charge in [0.15, 0.2) is 11.6 Å². The summed E-state index contributed by atoms with van der Waals surface area (Å²) in [6.07, 6.45) is -2.29. The monoisotopic (exact) mass is 480 g/mol. The molecule has 11 heteroatoms. The van der Waals surface area contributed by atoms with Gasteiger partial charge in [0.25, 0.3) is 0 Å². The molecule has 0 bridgehead atoms. The largest absolute Gasteiger partial charge is 0.488 e. The first-order chi connectivity index (χ1) is 15.6. The minimum absolute atomic E-state index is 0.0365. The van der Waals surface area contributed by atoms with Crippen LogP contribution in [0.5, 0.6) is 5.75 Å². The first kappa shape index (κ1) is 24.4. The van der Waals surface area contributed by atoms with Gasteiger partial charge < -0.3 is 9.73 Å². The van der Waals surface area contributed by atoms with E-state index in [0.717, 1.165) is 16.4 Å². The smallest absolute Gasteiger partial charge is 0.416 e. The van der Waals surface area contributed by atoms with Crippen LogP contribution < -0.4 is 9.04 Å². The van der Waals surface area contributed by atoms with Gasteiger partial charge in [0, 0.05) is 25.2 Å². The lowest BCUT2D eigenvalue weighted by Crippen LogP contribution is -2.38. The standard InChI is InChI=1S/C22H23F3N4O3S/c1-4-15(2)18(10-11-26-3)28-33(30,31)29-12-13-32-20-9-8-19(27-21(20)29)16-6-5-7-17(14-16)22(23,24)25/h5-9,11,14H,2,4,10,12-13H2,1,3H3. The van der Waals surface area contributed by atoms with Gasteiger partial charge in [0.1, 0.15) is 6.61 Å². The van der Waals surface area contributed by atoms with Crippen molar-refractivity contribution >= 4 is 28.0 Å². The van der Waals surface area contributed by atoms with Crippen molar-refractivity contribution in [3.63, 3.8) is 0 Å². The summed E-state index contributed by atoms with van der Waals surface area (Å²) in [5, 5.41) is 0. The second-order valence-corrected chi connectivity index (χ2v) is 8.65. The molecule has 1 aliphatic rings. The van der Waals surface area contributed by atoms with E-state index < -0.39 is 21.9 Å². The van der Waals surface area contributed by atoms with Crippen LogP contribution in [0, 0.1) is 0 Å². The number of benzene rings is 1. The number of anilines is 1. The van der Waals surface area contributed by atoms with E-state index in [0.29, 0.717) is 12.0 Å². The molecule has 0 aliphatic carbocycles. The van der Waals surface area contributed by atoms with Crippen LogP contribution in [-0.4, -0.2) is 45.5 Å². The second kappa shape index (κ2) is 9.74. The van der Waals surface area contributed by atoms with Gasteiger partial charge in [0.05, 0.1) is 23.5 Å². The second-order valence-electron chi connectivity index (χ2n) is 7.14. The third-order valence-corrected chi connectivity index (χ3v) is 6.28. The highest BCUT2D eigenvalue weighted by molar-refractivity contribution is 7.91. The number of pyridine rings is 1. The van der Waals surface area contributed by atoms with Crippen LogP contribution in [0.4, 0.5) is 19.0 Å².